The second kappa shape index (κ2) is 11.5. The Morgan fingerprint density at radius 1 is 0.320 bits per heavy atom. The molecule has 0 bridgehead atoms. The topological polar surface area (TPSA) is 9.86 Å². The Labute approximate surface area is 293 Å². The smallest absolute Gasteiger partial charge is 0.0623 e. The number of para-hydroxylation sites is 5. The summed E-state index contributed by atoms with van der Waals surface area (Å²) in [7, 11) is 0. The minimum atomic E-state index is 0.484. The van der Waals surface area contributed by atoms with Crippen LogP contribution < -0.4 is 0 Å². The number of rotatable bonds is 5. The molecule has 8 aromatic carbocycles. The number of fused-ring (bicyclic) bond motifs is 6. The molecule has 2 nitrogen and oxygen atoms in total. The number of hydrogen-bond acceptors (Lipinski definition) is 0. The number of benzene rings is 8. The van der Waals surface area contributed by atoms with Gasteiger partial charge in [-0.25, -0.2) is 0 Å². The third-order valence-corrected chi connectivity index (χ3v) is 9.96. The first-order valence-corrected chi connectivity index (χ1v) is 17.0. The van der Waals surface area contributed by atoms with Crippen molar-refractivity contribution in [2.24, 2.45) is 0 Å². The van der Waals surface area contributed by atoms with Crippen molar-refractivity contribution < 1.29 is 2.74 Å². The zero-order chi connectivity index (χ0) is 34.8. The van der Waals surface area contributed by atoms with Crippen LogP contribution in [0.4, 0.5) is 0 Å². The molecule has 234 valence electrons. The van der Waals surface area contributed by atoms with E-state index in [4.69, 9.17) is 2.74 Å². The zero-order valence-corrected chi connectivity index (χ0v) is 27.2. The van der Waals surface area contributed by atoms with E-state index in [1.54, 1.807) is 0 Å². The molecule has 0 aliphatic rings. The van der Waals surface area contributed by atoms with Gasteiger partial charge in [-0.2, -0.15) is 0 Å². The van der Waals surface area contributed by atoms with Crippen LogP contribution in [0.15, 0.2) is 194 Å². The summed E-state index contributed by atoms with van der Waals surface area (Å²) in [6.45, 7) is 0. The second-order valence-electron chi connectivity index (χ2n) is 12.8. The summed E-state index contributed by atoms with van der Waals surface area (Å²) in [5.41, 5.74) is 13.2. The molecule has 0 saturated heterocycles. The van der Waals surface area contributed by atoms with Crippen LogP contribution in [0.1, 0.15) is 2.74 Å². The summed E-state index contributed by atoms with van der Waals surface area (Å²) in [4.78, 5) is 0. The molecular formula is C48H32N2. The van der Waals surface area contributed by atoms with Crippen LogP contribution in [0.2, 0.25) is 0 Å². The molecule has 2 heteroatoms. The third-order valence-electron chi connectivity index (χ3n) is 9.96. The van der Waals surface area contributed by atoms with Crippen LogP contribution in [0.3, 0.4) is 0 Å². The van der Waals surface area contributed by atoms with Crippen molar-refractivity contribution in [1.29, 1.82) is 0 Å². The molecule has 0 saturated carbocycles. The highest BCUT2D eigenvalue weighted by molar-refractivity contribution is 6.19. The van der Waals surface area contributed by atoms with Crippen molar-refractivity contribution in [3.05, 3.63) is 194 Å². The molecule has 0 radical (unpaired) electrons. The molecule has 0 N–H and O–H groups in total. The van der Waals surface area contributed by atoms with Gasteiger partial charge in [-0.05, 0) is 64.7 Å². The Bertz CT molecular complexity index is 2900. The lowest BCUT2D eigenvalue weighted by molar-refractivity contribution is 1.17. The highest BCUT2D eigenvalue weighted by Crippen LogP contribution is 2.44. The van der Waals surface area contributed by atoms with Gasteiger partial charge in [0.1, 0.15) is 0 Å². The van der Waals surface area contributed by atoms with Gasteiger partial charge < -0.3 is 9.13 Å². The SMILES string of the molecule is [2H]c1ccc2c(c1)c1cccc(-c3cccc4c5cc([2H])ccc5n(-c5cc(-c6ccccc6)cc(-c6ccccc6)c5)c34)c1n2-c1ccccc1. The van der Waals surface area contributed by atoms with Crippen molar-refractivity contribution in [2.45, 2.75) is 0 Å². The largest absolute Gasteiger partial charge is 0.309 e. The number of hydrogen-bond donors (Lipinski definition) is 0. The lowest BCUT2D eigenvalue weighted by Crippen LogP contribution is -1.99. The van der Waals surface area contributed by atoms with Crippen molar-refractivity contribution >= 4 is 43.6 Å². The molecule has 0 unspecified atom stereocenters. The molecule has 10 aromatic rings. The van der Waals surface area contributed by atoms with E-state index in [0.717, 1.165) is 88.4 Å². The predicted octanol–water partition coefficient (Wildman–Crippen LogP) is 12.9. The fourth-order valence-electron chi connectivity index (χ4n) is 7.79. The lowest BCUT2D eigenvalue weighted by atomic mass is 9.97. The molecule has 10 rings (SSSR count). The van der Waals surface area contributed by atoms with Crippen LogP contribution in [0.5, 0.6) is 0 Å². The van der Waals surface area contributed by atoms with Crippen LogP contribution in [0.25, 0.3) is 88.4 Å². The summed E-state index contributed by atoms with van der Waals surface area (Å²) >= 11 is 0. The van der Waals surface area contributed by atoms with Crippen LogP contribution in [-0.4, -0.2) is 9.13 Å². The fraction of sp³-hybridized carbons (Fsp3) is 0. The average molecular weight is 639 g/mol. The van der Waals surface area contributed by atoms with Crippen LogP contribution in [-0.2, 0) is 0 Å². The van der Waals surface area contributed by atoms with E-state index in [1.807, 2.05) is 30.3 Å². The highest BCUT2D eigenvalue weighted by atomic mass is 15.0. The van der Waals surface area contributed by atoms with E-state index in [2.05, 4.69) is 161 Å². The van der Waals surface area contributed by atoms with Gasteiger partial charge in [0.05, 0.1) is 24.8 Å². The van der Waals surface area contributed by atoms with Gasteiger partial charge in [0.2, 0.25) is 0 Å². The molecule has 0 amide bonds. The van der Waals surface area contributed by atoms with Crippen molar-refractivity contribution in [3.63, 3.8) is 0 Å². The Morgan fingerprint density at radius 2 is 0.780 bits per heavy atom. The maximum Gasteiger partial charge on any atom is 0.0623 e. The molecule has 0 fully saturated rings. The Kier molecular flexibility index (Phi) is 6.06. The lowest BCUT2D eigenvalue weighted by Gasteiger charge is -2.17. The molecule has 0 spiro atoms. The van der Waals surface area contributed by atoms with Crippen molar-refractivity contribution in [2.75, 3.05) is 0 Å². The Balaban J connectivity index is 1.35. The number of aromatic nitrogens is 2. The quantitative estimate of drug-likeness (QED) is 0.178. The van der Waals surface area contributed by atoms with E-state index < -0.39 is 0 Å². The van der Waals surface area contributed by atoms with E-state index in [-0.39, 0.29) is 0 Å². The van der Waals surface area contributed by atoms with Gasteiger partial charge in [-0.1, -0.05) is 152 Å². The molecule has 50 heavy (non-hydrogen) atoms. The van der Waals surface area contributed by atoms with Crippen molar-refractivity contribution in [1.82, 2.24) is 9.13 Å². The molecule has 0 aliphatic heterocycles. The molecule has 2 aromatic heterocycles. The molecular weight excluding hydrogens is 605 g/mol. The Morgan fingerprint density at radius 3 is 1.28 bits per heavy atom. The molecule has 0 atom stereocenters. The highest BCUT2D eigenvalue weighted by Gasteiger charge is 2.21. The second-order valence-corrected chi connectivity index (χ2v) is 12.8. The molecule has 0 aliphatic carbocycles. The maximum atomic E-state index is 8.66. The van der Waals surface area contributed by atoms with Gasteiger partial charge >= 0.3 is 0 Å². The maximum absolute atomic E-state index is 8.66. The van der Waals surface area contributed by atoms with Gasteiger partial charge in [-0.3, -0.25) is 0 Å². The minimum absolute atomic E-state index is 0.484. The first kappa shape index (κ1) is 26.3. The normalized spacial score (nSPS) is 12.2. The van der Waals surface area contributed by atoms with Crippen molar-refractivity contribution in [3.8, 4) is 44.8 Å². The Hall–Kier alpha value is -6.64. The minimum Gasteiger partial charge on any atom is -0.309 e. The summed E-state index contributed by atoms with van der Waals surface area (Å²) in [6, 6.07) is 64.5. The van der Waals surface area contributed by atoms with E-state index in [0.29, 0.717) is 12.1 Å². The first-order valence-electron chi connectivity index (χ1n) is 18.0. The zero-order valence-electron chi connectivity index (χ0n) is 29.2. The number of nitrogens with zero attached hydrogens (tertiary/aromatic N) is 2. The van der Waals surface area contributed by atoms with Gasteiger partial charge in [-0.15, -0.1) is 0 Å². The standard InChI is InChI=1S/C48H32N2/c1-4-16-33(17-5-1)35-30-36(34-18-6-2-7-19-34)32-38(31-35)50-46-29-13-11-23-40(46)42-25-15-27-44(48(42)50)43-26-14-24-41-39-22-10-12-28-45(39)49(47(41)43)37-20-8-3-9-21-37/h1-32H/i10D,11D. The van der Waals surface area contributed by atoms with Crippen LogP contribution in [0, 0.1) is 0 Å². The summed E-state index contributed by atoms with van der Waals surface area (Å²) in [5, 5.41) is 4.31. The van der Waals surface area contributed by atoms with E-state index in [1.165, 1.54) is 0 Å². The van der Waals surface area contributed by atoms with Gasteiger partial charge in [0.25, 0.3) is 0 Å². The summed E-state index contributed by atoms with van der Waals surface area (Å²) in [6.07, 6.45) is 0. The van der Waals surface area contributed by atoms with E-state index in [9.17, 15) is 0 Å². The predicted molar refractivity (Wildman–Crippen MR) is 211 cm³/mol. The summed E-state index contributed by atoms with van der Waals surface area (Å²) in [5.74, 6) is 0. The fourth-order valence-corrected chi connectivity index (χ4v) is 7.79. The van der Waals surface area contributed by atoms with Crippen LogP contribution >= 0.6 is 0 Å². The first-order chi connectivity index (χ1) is 25.6. The molecule has 2 heterocycles. The third kappa shape index (κ3) is 4.43. The monoisotopic (exact) mass is 638 g/mol. The average Bonchev–Trinajstić information content (AvgIpc) is 3.71. The van der Waals surface area contributed by atoms with Gasteiger partial charge in [0, 0.05) is 44.0 Å². The summed E-state index contributed by atoms with van der Waals surface area (Å²) < 4.78 is 21.9. The van der Waals surface area contributed by atoms with E-state index >= 15 is 0 Å². The van der Waals surface area contributed by atoms with Gasteiger partial charge in [0.15, 0.2) is 0 Å².